The van der Waals surface area contributed by atoms with Crippen LogP contribution in [0.15, 0.2) is 24.3 Å². The minimum absolute atomic E-state index is 0.794. The lowest BCUT2D eigenvalue weighted by Crippen LogP contribution is -2.28. The number of nitrogens with zero attached hydrogens (tertiary/aromatic N) is 2. The summed E-state index contributed by atoms with van der Waals surface area (Å²) >= 11 is 0. The average Bonchev–Trinajstić information content (AvgIpc) is 3.16. The van der Waals surface area contributed by atoms with Gasteiger partial charge in [-0.3, -0.25) is 4.68 Å². The summed E-state index contributed by atoms with van der Waals surface area (Å²) in [6, 6.07) is 9.17. The third-order valence-electron chi connectivity index (χ3n) is 3.44. The molecule has 18 heavy (non-hydrogen) atoms. The van der Waals surface area contributed by atoms with Gasteiger partial charge in [0.05, 0.1) is 11.2 Å². The summed E-state index contributed by atoms with van der Waals surface area (Å²) in [5.74, 6) is 0. The standard InChI is InChI=1S/C14H20N4/c1-18-14-5-3-2-4-12(14)13(17-18)10-15-8-9-16-11-6-7-11/h2-5,11,15-16H,6-10H2,1H3. The Labute approximate surface area is 107 Å². The zero-order valence-corrected chi connectivity index (χ0v) is 10.8. The van der Waals surface area contributed by atoms with Gasteiger partial charge in [0.15, 0.2) is 0 Å². The molecule has 4 heteroatoms. The maximum Gasteiger partial charge on any atom is 0.0841 e. The number of aryl methyl sites for hydroxylation is 1. The zero-order valence-electron chi connectivity index (χ0n) is 10.8. The minimum atomic E-state index is 0.794. The molecule has 0 atom stereocenters. The first-order chi connectivity index (χ1) is 8.84. The smallest absolute Gasteiger partial charge is 0.0841 e. The van der Waals surface area contributed by atoms with E-state index in [-0.39, 0.29) is 0 Å². The summed E-state index contributed by atoms with van der Waals surface area (Å²) in [6.45, 7) is 2.89. The highest BCUT2D eigenvalue weighted by Gasteiger charge is 2.19. The number of rotatable bonds is 6. The zero-order chi connectivity index (χ0) is 12.4. The predicted molar refractivity (Wildman–Crippen MR) is 73.4 cm³/mol. The van der Waals surface area contributed by atoms with Crippen LogP contribution in [0.4, 0.5) is 0 Å². The average molecular weight is 244 g/mol. The van der Waals surface area contributed by atoms with Crippen molar-refractivity contribution in [3.05, 3.63) is 30.0 Å². The molecule has 1 aromatic carbocycles. The van der Waals surface area contributed by atoms with Gasteiger partial charge in [0.1, 0.15) is 0 Å². The van der Waals surface area contributed by atoms with Crippen LogP contribution in [0.1, 0.15) is 18.5 Å². The van der Waals surface area contributed by atoms with E-state index in [0.29, 0.717) is 0 Å². The Hall–Kier alpha value is -1.39. The minimum Gasteiger partial charge on any atom is -0.313 e. The molecular weight excluding hydrogens is 224 g/mol. The number of benzene rings is 1. The molecule has 3 rings (SSSR count). The Morgan fingerprint density at radius 1 is 1.28 bits per heavy atom. The molecule has 0 saturated heterocycles. The molecule has 1 saturated carbocycles. The Balaban J connectivity index is 1.56. The van der Waals surface area contributed by atoms with Crippen molar-refractivity contribution >= 4 is 10.9 Å². The summed E-state index contributed by atoms with van der Waals surface area (Å²) in [5.41, 5.74) is 2.34. The van der Waals surface area contributed by atoms with Gasteiger partial charge in [-0.2, -0.15) is 5.10 Å². The first kappa shape index (κ1) is 11.7. The maximum atomic E-state index is 4.57. The van der Waals surface area contributed by atoms with Gasteiger partial charge in [0.25, 0.3) is 0 Å². The van der Waals surface area contributed by atoms with Crippen LogP contribution >= 0.6 is 0 Å². The molecule has 1 fully saturated rings. The second kappa shape index (κ2) is 5.08. The van der Waals surface area contributed by atoms with Crippen LogP contribution in [-0.2, 0) is 13.6 Å². The van der Waals surface area contributed by atoms with Gasteiger partial charge in [0.2, 0.25) is 0 Å². The van der Waals surface area contributed by atoms with Crippen molar-refractivity contribution in [3.63, 3.8) is 0 Å². The fourth-order valence-corrected chi connectivity index (χ4v) is 2.28. The van der Waals surface area contributed by atoms with Crippen molar-refractivity contribution in [2.24, 2.45) is 7.05 Å². The molecule has 0 spiro atoms. The highest BCUT2D eigenvalue weighted by molar-refractivity contribution is 5.81. The van der Waals surface area contributed by atoms with Crippen molar-refractivity contribution in [2.75, 3.05) is 13.1 Å². The Bertz CT molecular complexity index is 528. The maximum absolute atomic E-state index is 4.57. The number of fused-ring (bicyclic) bond motifs is 1. The second-order valence-corrected chi connectivity index (χ2v) is 4.99. The van der Waals surface area contributed by atoms with Crippen molar-refractivity contribution in [1.82, 2.24) is 20.4 Å². The van der Waals surface area contributed by atoms with Crippen LogP contribution in [0.2, 0.25) is 0 Å². The summed E-state index contributed by atoms with van der Waals surface area (Å²) in [6.07, 6.45) is 2.70. The van der Waals surface area contributed by atoms with Gasteiger partial charge in [-0.25, -0.2) is 0 Å². The highest BCUT2D eigenvalue weighted by atomic mass is 15.3. The number of hydrogen-bond acceptors (Lipinski definition) is 3. The highest BCUT2D eigenvalue weighted by Crippen LogP contribution is 2.18. The van der Waals surface area contributed by atoms with Crippen molar-refractivity contribution in [3.8, 4) is 0 Å². The van der Waals surface area contributed by atoms with Crippen LogP contribution in [0.25, 0.3) is 10.9 Å². The van der Waals surface area contributed by atoms with Gasteiger partial charge in [0, 0.05) is 38.1 Å². The van der Waals surface area contributed by atoms with Gasteiger partial charge >= 0.3 is 0 Å². The second-order valence-electron chi connectivity index (χ2n) is 4.99. The third kappa shape index (κ3) is 2.54. The molecule has 0 unspecified atom stereocenters. The fraction of sp³-hybridized carbons (Fsp3) is 0.500. The monoisotopic (exact) mass is 244 g/mol. The fourth-order valence-electron chi connectivity index (χ4n) is 2.28. The first-order valence-corrected chi connectivity index (χ1v) is 6.69. The lowest BCUT2D eigenvalue weighted by molar-refractivity contribution is 0.600. The van der Waals surface area contributed by atoms with E-state index in [4.69, 9.17) is 0 Å². The first-order valence-electron chi connectivity index (χ1n) is 6.69. The van der Waals surface area contributed by atoms with E-state index >= 15 is 0 Å². The Morgan fingerprint density at radius 2 is 2.11 bits per heavy atom. The summed E-state index contributed by atoms with van der Waals surface area (Å²) in [7, 11) is 2.00. The van der Waals surface area contributed by atoms with Crippen molar-refractivity contribution < 1.29 is 0 Å². The summed E-state index contributed by atoms with van der Waals surface area (Å²) in [4.78, 5) is 0. The predicted octanol–water partition coefficient (Wildman–Crippen LogP) is 1.41. The quantitative estimate of drug-likeness (QED) is 0.755. The molecule has 1 aliphatic rings. The third-order valence-corrected chi connectivity index (χ3v) is 3.44. The van der Waals surface area contributed by atoms with Crippen LogP contribution in [0, 0.1) is 0 Å². The number of aromatic nitrogens is 2. The van der Waals surface area contributed by atoms with Crippen LogP contribution in [0.3, 0.4) is 0 Å². The largest absolute Gasteiger partial charge is 0.313 e. The molecule has 0 aliphatic heterocycles. The van der Waals surface area contributed by atoms with E-state index in [9.17, 15) is 0 Å². The topological polar surface area (TPSA) is 41.9 Å². The SMILES string of the molecule is Cn1nc(CNCCNC2CC2)c2ccccc21. The van der Waals surface area contributed by atoms with E-state index in [2.05, 4.69) is 40.0 Å². The summed E-state index contributed by atoms with van der Waals surface area (Å²) in [5, 5.41) is 12.8. The number of para-hydroxylation sites is 1. The molecule has 1 heterocycles. The Kier molecular flexibility index (Phi) is 3.30. The number of hydrogen-bond donors (Lipinski definition) is 2. The molecule has 0 radical (unpaired) electrons. The van der Waals surface area contributed by atoms with Crippen molar-refractivity contribution in [2.45, 2.75) is 25.4 Å². The molecule has 2 N–H and O–H groups in total. The van der Waals surface area contributed by atoms with E-state index in [1.807, 2.05) is 11.7 Å². The molecule has 2 aromatic rings. The van der Waals surface area contributed by atoms with E-state index in [0.717, 1.165) is 31.4 Å². The molecule has 96 valence electrons. The normalized spacial score (nSPS) is 15.4. The van der Waals surface area contributed by atoms with Crippen LogP contribution < -0.4 is 10.6 Å². The van der Waals surface area contributed by atoms with Gasteiger partial charge in [-0.1, -0.05) is 18.2 Å². The van der Waals surface area contributed by atoms with Crippen LogP contribution in [-0.4, -0.2) is 28.9 Å². The van der Waals surface area contributed by atoms with E-state index in [1.54, 1.807) is 0 Å². The van der Waals surface area contributed by atoms with E-state index < -0.39 is 0 Å². The molecule has 0 amide bonds. The molecule has 1 aromatic heterocycles. The molecule has 4 nitrogen and oxygen atoms in total. The molecule has 1 aliphatic carbocycles. The van der Waals surface area contributed by atoms with Crippen molar-refractivity contribution in [1.29, 1.82) is 0 Å². The molecular formula is C14H20N4. The Morgan fingerprint density at radius 3 is 2.94 bits per heavy atom. The van der Waals surface area contributed by atoms with Gasteiger partial charge in [-0.05, 0) is 18.9 Å². The summed E-state index contributed by atoms with van der Waals surface area (Å²) < 4.78 is 1.95. The van der Waals surface area contributed by atoms with Crippen LogP contribution in [0.5, 0.6) is 0 Å². The lowest BCUT2D eigenvalue weighted by atomic mass is 10.2. The lowest BCUT2D eigenvalue weighted by Gasteiger charge is -2.04. The van der Waals surface area contributed by atoms with E-state index in [1.165, 1.54) is 23.7 Å². The molecule has 0 bridgehead atoms. The number of nitrogens with one attached hydrogen (secondary N) is 2. The van der Waals surface area contributed by atoms with Gasteiger partial charge in [-0.15, -0.1) is 0 Å². The van der Waals surface area contributed by atoms with Gasteiger partial charge < -0.3 is 10.6 Å².